The van der Waals surface area contributed by atoms with Crippen LogP contribution in [0.15, 0.2) is 12.2 Å². The Labute approximate surface area is 232 Å². The molecule has 0 aromatic rings. The maximum absolute atomic E-state index is 12.4. The molecule has 0 radical (unpaired) electrons. The molecule has 0 aromatic carbocycles. The number of hydrogen-bond donors (Lipinski definition) is 3. The predicted octanol–water partition coefficient (Wildman–Crippen LogP) is 4.09. The van der Waals surface area contributed by atoms with Crippen molar-refractivity contribution in [1.82, 2.24) is 5.32 Å². The summed E-state index contributed by atoms with van der Waals surface area (Å²) in [5, 5.41) is 21.5. The van der Waals surface area contributed by atoms with Crippen molar-refractivity contribution >= 4 is 51.6 Å². The highest BCUT2D eigenvalue weighted by molar-refractivity contribution is 6.90. The van der Waals surface area contributed by atoms with Crippen molar-refractivity contribution in [2.24, 2.45) is 5.92 Å². The number of aliphatic carboxylic acids is 1. The van der Waals surface area contributed by atoms with Gasteiger partial charge in [-0.05, 0) is 90.5 Å². The minimum atomic E-state index is -2.97. The van der Waals surface area contributed by atoms with Gasteiger partial charge in [0.25, 0.3) is 0 Å². The molecule has 3 atom stereocenters. The maximum atomic E-state index is 12.4. The summed E-state index contributed by atoms with van der Waals surface area (Å²) in [6, 6.07) is 0.698. The summed E-state index contributed by atoms with van der Waals surface area (Å²) in [4.78, 5) is 34.4. The third kappa shape index (κ3) is 15.4. The summed E-state index contributed by atoms with van der Waals surface area (Å²) >= 11 is 0. The van der Waals surface area contributed by atoms with E-state index in [0.717, 1.165) is 25.0 Å². The van der Waals surface area contributed by atoms with Crippen molar-refractivity contribution in [3.63, 3.8) is 0 Å². The molecule has 1 rings (SSSR count). The number of ether oxygens (including phenoxy) is 1. The first-order chi connectivity index (χ1) is 17.2. The number of amides is 1. The van der Waals surface area contributed by atoms with Crippen LogP contribution in [0.2, 0.25) is 65.0 Å². The molecule has 0 aliphatic heterocycles. The highest BCUT2D eigenvalue weighted by Crippen LogP contribution is 2.36. The van der Waals surface area contributed by atoms with Crippen LogP contribution in [0.5, 0.6) is 0 Å². The van der Waals surface area contributed by atoms with Crippen LogP contribution in [-0.2, 0) is 31.5 Å². The highest BCUT2D eigenvalue weighted by Gasteiger charge is 2.50. The number of carbonyl (C=O) groups is 3. The number of rotatable bonds is 15. The SMILES string of the molecule is C[Si](C)(C)O[Si](CCC1CCC(O)C(OC(=O)CCNC(=O)C=CC(=O)O)C1)(O[Si](C)(C)C)O[Si](C)(C)C. The first-order valence-electron chi connectivity index (χ1n) is 13.4. The molecule has 38 heavy (non-hydrogen) atoms. The molecule has 10 nitrogen and oxygen atoms in total. The number of aliphatic hydroxyl groups is 1. The van der Waals surface area contributed by atoms with Gasteiger partial charge in [0.2, 0.25) is 5.91 Å². The van der Waals surface area contributed by atoms with Crippen LogP contribution >= 0.6 is 0 Å². The van der Waals surface area contributed by atoms with E-state index >= 15 is 0 Å². The lowest BCUT2D eigenvalue weighted by Crippen LogP contribution is -2.60. The fourth-order valence-corrected chi connectivity index (χ4v) is 19.1. The van der Waals surface area contributed by atoms with Crippen molar-refractivity contribution in [3.8, 4) is 0 Å². The Kier molecular flexibility index (Phi) is 13.3. The molecule has 3 N–H and O–H groups in total. The fraction of sp³-hybridized carbons (Fsp3) is 0.792. The molecule has 0 aromatic heterocycles. The zero-order chi connectivity index (χ0) is 29.4. The van der Waals surface area contributed by atoms with Gasteiger partial charge in [0, 0.05) is 24.7 Å². The molecule has 1 amide bonds. The smallest absolute Gasteiger partial charge is 0.469 e. The average Bonchev–Trinajstić information content (AvgIpc) is 2.69. The fourth-order valence-electron chi connectivity index (χ4n) is 4.30. The van der Waals surface area contributed by atoms with Crippen LogP contribution in [0.1, 0.15) is 32.1 Å². The summed E-state index contributed by atoms with van der Waals surface area (Å²) in [6.07, 6.45) is 2.88. The summed E-state index contributed by atoms with van der Waals surface area (Å²) in [5.74, 6) is -2.13. The van der Waals surface area contributed by atoms with Gasteiger partial charge in [-0.25, -0.2) is 4.79 Å². The van der Waals surface area contributed by atoms with Crippen LogP contribution in [-0.4, -0.2) is 80.6 Å². The molecule has 1 aliphatic rings. The zero-order valence-corrected chi connectivity index (χ0v) is 28.6. The van der Waals surface area contributed by atoms with Crippen LogP contribution in [0.25, 0.3) is 0 Å². The number of carboxylic acids is 1. The van der Waals surface area contributed by atoms with E-state index in [9.17, 15) is 19.5 Å². The van der Waals surface area contributed by atoms with Crippen LogP contribution in [0, 0.1) is 5.92 Å². The lowest BCUT2D eigenvalue weighted by molar-refractivity contribution is -0.159. The van der Waals surface area contributed by atoms with Gasteiger partial charge in [-0.3, -0.25) is 9.59 Å². The topological polar surface area (TPSA) is 141 Å². The van der Waals surface area contributed by atoms with Gasteiger partial charge >= 0.3 is 20.7 Å². The van der Waals surface area contributed by atoms with E-state index in [1.807, 2.05) is 0 Å². The second-order valence-electron chi connectivity index (χ2n) is 12.9. The third-order valence-electron chi connectivity index (χ3n) is 5.40. The molecule has 0 bridgehead atoms. The Hall–Kier alpha value is -1.14. The number of aliphatic hydroxyl groups excluding tert-OH is 1. The first-order valence-corrected chi connectivity index (χ1v) is 25.5. The second kappa shape index (κ2) is 14.5. The summed E-state index contributed by atoms with van der Waals surface area (Å²) in [5.41, 5.74) is 0. The molecular formula is C24H49NO9Si4. The molecule has 0 spiro atoms. The van der Waals surface area contributed by atoms with Gasteiger partial charge in [0.15, 0.2) is 25.0 Å². The van der Waals surface area contributed by atoms with Crippen molar-refractivity contribution in [2.75, 3.05) is 6.54 Å². The van der Waals surface area contributed by atoms with E-state index in [1.165, 1.54) is 0 Å². The number of carboxylic acid groups (broad SMARTS) is 1. The Morgan fingerprint density at radius 2 is 1.39 bits per heavy atom. The minimum Gasteiger partial charge on any atom is -0.478 e. The molecule has 220 valence electrons. The van der Waals surface area contributed by atoms with Crippen molar-refractivity contribution in [2.45, 2.75) is 109 Å². The van der Waals surface area contributed by atoms with E-state index in [0.29, 0.717) is 18.9 Å². The van der Waals surface area contributed by atoms with Crippen LogP contribution in [0.4, 0.5) is 0 Å². The molecule has 14 heteroatoms. The summed E-state index contributed by atoms with van der Waals surface area (Å²) in [7, 11) is -8.89. The number of esters is 1. The average molecular weight is 608 g/mol. The van der Waals surface area contributed by atoms with Crippen molar-refractivity contribution in [1.29, 1.82) is 0 Å². The van der Waals surface area contributed by atoms with Gasteiger partial charge in [-0.2, -0.15) is 0 Å². The highest BCUT2D eigenvalue weighted by atomic mass is 28.5. The normalized spacial score (nSPS) is 21.4. The van der Waals surface area contributed by atoms with Gasteiger partial charge in [-0.1, -0.05) is 0 Å². The Morgan fingerprint density at radius 1 is 0.868 bits per heavy atom. The molecule has 1 fully saturated rings. The van der Waals surface area contributed by atoms with Gasteiger partial charge < -0.3 is 32.6 Å². The number of carbonyl (C=O) groups excluding carboxylic acids is 2. The standard InChI is InChI=1S/C24H49NO9Si4/c1-35(2,3)32-38(33-36(4,5)6,34-37(7,8)9)17-15-19-10-11-20(26)21(18-19)31-24(30)14-16-25-22(27)12-13-23(28)29/h12-13,19-21,26H,10-11,14-18H2,1-9H3,(H,25,27)(H,28,29). The molecule has 0 saturated heterocycles. The second-order valence-corrected chi connectivity index (χ2v) is 29.8. The molecule has 0 heterocycles. The molecule has 3 unspecified atom stereocenters. The predicted molar refractivity (Wildman–Crippen MR) is 156 cm³/mol. The van der Waals surface area contributed by atoms with Gasteiger partial charge in [0.1, 0.15) is 6.10 Å². The monoisotopic (exact) mass is 607 g/mol. The zero-order valence-electron chi connectivity index (χ0n) is 24.6. The van der Waals surface area contributed by atoms with Crippen LogP contribution < -0.4 is 5.32 Å². The van der Waals surface area contributed by atoms with Crippen molar-refractivity contribution < 1.29 is 41.7 Å². The number of nitrogens with one attached hydrogen (secondary N) is 1. The van der Waals surface area contributed by atoms with E-state index < -0.39 is 63.8 Å². The minimum absolute atomic E-state index is 0.0120. The lowest BCUT2D eigenvalue weighted by Gasteiger charge is -2.43. The summed E-state index contributed by atoms with van der Waals surface area (Å²) < 4.78 is 25.9. The molecule has 1 saturated carbocycles. The van der Waals surface area contributed by atoms with Gasteiger partial charge in [-0.15, -0.1) is 0 Å². The number of hydrogen-bond acceptors (Lipinski definition) is 8. The Bertz CT molecular complexity index is 793. The largest absolute Gasteiger partial charge is 0.478 e. The van der Waals surface area contributed by atoms with Gasteiger partial charge in [0.05, 0.1) is 12.5 Å². The van der Waals surface area contributed by atoms with E-state index in [2.05, 4.69) is 64.2 Å². The van der Waals surface area contributed by atoms with Crippen LogP contribution in [0.3, 0.4) is 0 Å². The quantitative estimate of drug-likeness (QED) is 0.143. The molecular weight excluding hydrogens is 559 g/mol. The Morgan fingerprint density at radius 3 is 1.87 bits per heavy atom. The maximum Gasteiger partial charge on any atom is 0.469 e. The van der Waals surface area contributed by atoms with E-state index in [1.54, 1.807) is 0 Å². The van der Waals surface area contributed by atoms with E-state index in [-0.39, 0.29) is 18.9 Å². The Balaban J connectivity index is 2.82. The third-order valence-corrected chi connectivity index (χ3v) is 17.4. The van der Waals surface area contributed by atoms with E-state index in [4.69, 9.17) is 22.2 Å². The summed E-state index contributed by atoms with van der Waals surface area (Å²) in [6.45, 7) is 19.5. The van der Waals surface area contributed by atoms with Crippen molar-refractivity contribution in [3.05, 3.63) is 12.2 Å². The first kappa shape index (κ1) is 34.9. The molecule has 1 aliphatic carbocycles. The lowest BCUT2D eigenvalue weighted by atomic mass is 9.84.